The summed E-state index contributed by atoms with van der Waals surface area (Å²) >= 11 is 0. The molecule has 0 aromatic heterocycles. The van der Waals surface area contributed by atoms with Crippen LogP contribution in [0.15, 0.2) is 36.4 Å². The standard InChI is InChI=1S/C23H30N2O5S/c1-6-20(19-9-7-15(2)13-16(19)3)24-23(26)17(4)25(31(5,27)28)18-8-10-21-22(14-18)30-12-11-29-21/h7-10,13-14,17,20H,6,11-12H2,1-5H3,(H,24,26)/t17-,20-/m0/s1. The molecule has 0 saturated carbocycles. The van der Waals surface area contributed by atoms with Crippen molar-refractivity contribution in [1.29, 1.82) is 0 Å². The van der Waals surface area contributed by atoms with Crippen molar-refractivity contribution in [3.05, 3.63) is 53.1 Å². The average Bonchev–Trinajstić information content (AvgIpc) is 2.71. The maximum atomic E-state index is 13.1. The van der Waals surface area contributed by atoms with Crippen LogP contribution >= 0.6 is 0 Å². The third kappa shape index (κ3) is 5.12. The molecule has 2 aromatic rings. The van der Waals surface area contributed by atoms with Crippen LogP contribution in [-0.4, -0.2) is 39.8 Å². The maximum absolute atomic E-state index is 13.1. The first-order valence-electron chi connectivity index (χ1n) is 10.4. The molecule has 2 aromatic carbocycles. The Morgan fingerprint density at radius 3 is 2.39 bits per heavy atom. The van der Waals surface area contributed by atoms with E-state index in [9.17, 15) is 13.2 Å². The minimum Gasteiger partial charge on any atom is -0.486 e. The Labute approximate surface area is 184 Å². The van der Waals surface area contributed by atoms with Crippen molar-refractivity contribution in [2.75, 3.05) is 23.8 Å². The summed E-state index contributed by atoms with van der Waals surface area (Å²) in [6.07, 6.45) is 1.78. The highest BCUT2D eigenvalue weighted by Crippen LogP contribution is 2.35. The van der Waals surface area contributed by atoms with E-state index in [0.29, 0.717) is 36.8 Å². The zero-order valence-corrected chi connectivity index (χ0v) is 19.5. The van der Waals surface area contributed by atoms with Gasteiger partial charge in [0.15, 0.2) is 11.5 Å². The van der Waals surface area contributed by atoms with E-state index in [4.69, 9.17) is 9.47 Å². The van der Waals surface area contributed by atoms with Gasteiger partial charge in [0.25, 0.3) is 0 Å². The fourth-order valence-electron chi connectivity index (χ4n) is 3.89. The summed E-state index contributed by atoms with van der Waals surface area (Å²) in [4.78, 5) is 13.1. The average molecular weight is 447 g/mol. The molecule has 168 valence electrons. The highest BCUT2D eigenvalue weighted by Gasteiger charge is 2.31. The van der Waals surface area contributed by atoms with Gasteiger partial charge in [-0.05, 0) is 50.5 Å². The second-order valence-electron chi connectivity index (χ2n) is 7.89. The minimum atomic E-state index is -3.73. The van der Waals surface area contributed by atoms with Gasteiger partial charge in [0.2, 0.25) is 15.9 Å². The van der Waals surface area contributed by atoms with Crippen molar-refractivity contribution in [2.24, 2.45) is 0 Å². The molecule has 1 aliphatic rings. The van der Waals surface area contributed by atoms with Crippen LogP contribution in [0, 0.1) is 13.8 Å². The molecule has 0 radical (unpaired) electrons. The van der Waals surface area contributed by atoms with E-state index in [1.165, 1.54) is 0 Å². The zero-order chi connectivity index (χ0) is 22.8. The molecule has 31 heavy (non-hydrogen) atoms. The Balaban J connectivity index is 1.87. The number of hydrogen-bond donors (Lipinski definition) is 1. The number of ether oxygens (including phenoxy) is 2. The number of hydrogen-bond acceptors (Lipinski definition) is 5. The highest BCUT2D eigenvalue weighted by molar-refractivity contribution is 7.92. The molecule has 0 unspecified atom stereocenters. The largest absolute Gasteiger partial charge is 0.486 e. The SMILES string of the molecule is CC[C@H](NC(=O)[C@H](C)N(c1ccc2c(c1)OCCO2)S(C)(=O)=O)c1ccc(C)cc1C. The molecule has 0 spiro atoms. The van der Waals surface area contributed by atoms with Crippen LogP contribution in [-0.2, 0) is 14.8 Å². The number of nitrogens with one attached hydrogen (secondary N) is 1. The van der Waals surface area contributed by atoms with Crippen molar-refractivity contribution in [3.8, 4) is 11.5 Å². The van der Waals surface area contributed by atoms with Gasteiger partial charge >= 0.3 is 0 Å². The molecule has 1 N–H and O–H groups in total. The van der Waals surface area contributed by atoms with Gasteiger partial charge < -0.3 is 14.8 Å². The van der Waals surface area contributed by atoms with Gasteiger partial charge in [0, 0.05) is 6.07 Å². The van der Waals surface area contributed by atoms with Crippen molar-refractivity contribution in [2.45, 2.75) is 46.2 Å². The molecule has 0 saturated heterocycles. The summed E-state index contributed by atoms with van der Waals surface area (Å²) in [6.45, 7) is 8.44. The number of amides is 1. The lowest BCUT2D eigenvalue weighted by atomic mass is 9.97. The maximum Gasteiger partial charge on any atom is 0.244 e. The summed E-state index contributed by atoms with van der Waals surface area (Å²) in [6, 6.07) is 9.83. The van der Waals surface area contributed by atoms with Gasteiger partial charge in [-0.25, -0.2) is 8.42 Å². The molecule has 0 aliphatic carbocycles. The molecule has 1 amide bonds. The van der Waals surface area contributed by atoms with Crippen LogP contribution in [0.2, 0.25) is 0 Å². The number of fused-ring (bicyclic) bond motifs is 1. The molecule has 1 heterocycles. The van der Waals surface area contributed by atoms with Crippen molar-refractivity contribution in [3.63, 3.8) is 0 Å². The molecule has 2 atom stereocenters. The van der Waals surface area contributed by atoms with Gasteiger partial charge in [0.1, 0.15) is 19.3 Å². The van der Waals surface area contributed by atoms with Crippen LogP contribution in [0.3, 0.4) is 0 Å². The summed E-state index contributed by atoms with van der Waals surface area (Å²) < 4.78 is 37.5. The molecule has 8 heteroatoms. The number of anilines is 1. The normalized spacial score (nSPS) is 15.1. The third-order valence-corrected chi connectivity index (χ3v) is 6.64. The van der Waals surface area contributed by atoms with Crippen LogP contribution in [0.1, 0.15) is 43.0 Å². The first-order chi connectivity index (χ1) is 14.6. The number of carbonyl (C=O) groups excluding carboxylic acids is 1. The first-order valence-corrected chi connectivity index (χ1v) is 12.2. The lowest BCUT2D eigenvalue weighted by Gasteiger charge is -2.31. The van der Waals surface area contributed by atoms with E-state index in [1.807, 2.05) is 32.9 Å². The predicted molar refractivity (Wildman–Crippen MR) is 121 cm³/mol. The van der Waals surface area contributed by atoms with Crippen molar-refractivity contribution in [1.82, 2.24) is 5.32 Å². The Kier molecular flexibility index (Phi) is 6.79. The number of benzene rings is 2. The van der Waals surface area contributed by atoms with Gasteiger partial charge in [0.05, 0.1) is 18.0 Å². The predicted octanol–water partition coefficient (Wildman–Crippen LogP) is 3.50. The topological polar surface area (TPSA) is 84.9 Å². The van der Waals surface area contributed by atoms with E-state index in [-0.39, 0.29) is 11.9 Å². The van der Waals surface area contributed by atoms with E-state index >= 15 is 0 Å². The Morgan fingerprint density at radius 1 is 1.10 bits per heavy atom. The summed E-state index contributed by atoms with van der Waals surface area (Å²) in [5.74, 6) is 0.653. The van der Waals surface area contributed by atoms with Crippen molar-refractivity contribution >= 4 is 21.6 Å². The lowest BCUT2D eigenvalue weighted by molar-refractivity contribution is -0.122. The van der Waals surface area contributed by atoms with Gasteiger partial charge in [-0.3, -0.25) is 9.10 Å². The van der Waals surface area contributed by atoms with E-state index < -0.39 is 16.1 Å². The Hall–Kier alpha value is -2.74. The molecule has 7 nitrogen and oxygen atoms in total. The molecule has 3 rings (SSSR count). The third-order valence-electron chi connectivity index (χ3n) is 5.39. The van der Waals surface area contributed by atoms with E-state index in [0.717, 1.165) is 27.3 Å². The smallest absolute Gasteiger partial charge is 0.244 e. The van der Waals surface area contributed by atoms with Crippen LogP contribution in [0.25, 0.3) is 0 Å². The molecule has 0 bridgehead atoms. The zero-order valence-electron chi connectivity index (χ0n) is 18.6. The van der Waals surface area contributed by atoms with Gasteiger partial charge in [-0.1, -0.05) is 30.7 Å². The summed E-state index contributed by atoms with van der Waals surface area (Å²) in [5, 5.41) is 3.03. The molecule has 1 aliphatic heterocycles. The van der Waals surface area contributed by atoms with Crippen LogP contribution < -0.4 is 19.1 Å². The van der Waals surface area contributed by atoms with Gasteiger partial charge in [-0.15, -0.1) is 0 Å². The van der Waals surface area contributed by atoms with Crippen LogP contribution in [0.5, 0.6) is 11.5 Å². The van der Waals surface area contributed by atoms with E-state index in [2.05, 4.69) is 11.4 Å². The first kappa shape index (κ1) is 22.9. The Bertz CT molecular complexity index is 1070. The molecule has 0 fully saturated rings. The van der Waals surface area contributed by atoms with Crippen LogP contribution in [0.4, 0.5) is 5.69 Å². The monoisotopic (exact) mass is 446 g/mol. The molecular weight excluding hydrogens is 416 g/mol. The number of carbonyl (C=O) groups is 1. The number of rotatable bonds is 7. The fourth-order valence-corrected chi connectivity index (χ4v) is 5.05. The summed E-state index contributed by atoms with van der Waals surface area (Å²) in [7, 11) is -3.73. The summed E-state index contributed by atoms with van der Waals surface area (Å²) in [5.41, 5.74) is 3.62. The van der Waals surface area contributed by atoms with Crippen molar-refractivity contribution < 1.29 is 22.7 Å². The molecular formula is C23H30N2O5S. The minimum absolute atomic E-state index is 0.211. The number of sulfonamides is 1. The number of nitrogens with zero attached hydrogens (tertiary/aromatic N) is 1. The van der Waals surface area contributed by atoms with Gasteiger partial charge in [-0.2, -0.15) is 0 Å². The highest BCUT2D eigenvalue weighted by atomic mass is 32.2. The van der Waals surface area contributed by atoms with E-state index in [1.54, 1.807) is 25.1 Å². The lowest BCUT2D eigenvalue weighted by Crippen LogP contribution is -2.48. The quantitative estimate of drug-likeness (QED) is 0.704. The second kappa shape index (κ2) is 9.18. The second-order valence-corrected chi connectivity index (χ2v) is 9.75. The number of aryl methyl sites for hydroxylation is 2. The Morgan fingerprint density at radius 2 is 1.77 bits per heavy atom. The fraction of sp³-hybridized carbons (Fsp3) is 0.435.